The maximum Gasteiger partial charge on any atom is 0.227 e. The number of ether oxygens (including phenoxy) is 1. The molecule has 5 nitrogen and oxygen atoms in total. The molecule has 0 bridgehead atoms. The highest BCUT2D eigenvalue weighted by atomic mass is 32.2. The molecule has 6 heteroatoms. The highest BCUT2D eigenvalue weighted by molar-refractivity contribution is 7.99. The summed E-state index contributed by atoms with van der Waals surface area (Å²) in [5.41, 5.74) is 5.75. The number of nitrogens with zero attached hydrogens (tertiary/aromatic N) is 1. The monoisotopic (exact) mass is 341 g/mol. The van der Waals surface area contributed by atoms with Crippen molar-refractivity contribution in [2.45, 2.75) is 44.1 Å². The second kappa shape index (κ2) is 7.72. The van der Waals surface area contributed by atoms with Gasteiger partial charge in [-0.05, 0) is 25.7 Å². The number of hydrogen-bond donors (Lipinski definition) is 2. The van der Waals surface area contributed by atoms with Crippen molar-refractivity contribution < 1.29 is 9.53 Å². The van der Waals surface area contributed by atoms with E-state index in [1.165, 1.54) is 37.2 Å². The molecule has 23 heavy (non-hydrogen) atoms. The van der Waals surface area contributed by atoms with Gasteiger partial charge >= 0.3 is 0 Å². The second-order valence-electron chi connectivity index (χ2n) is 7.31. The van der Waals surface area contributed by atoms with E-state index in [1.807, 2.05) is 11.8 Å². The molecular formula is C17H31N3O2S. The molecule has 2 heterocycles. The summed E-state index contributed by atoms with van der Waals surface area (Å²) in [5.74, 6) is 2.60. The molecule has 1 amide bonds. The summed E-state index contributed by atoms with van der Waals surface area (Å²) in [5, 5.41) is 3.30. The third-order valence-electron chi connectivity index (χ3n) is 6.12. The lowest BCUT2D eigenvalue weighted by Crippen LogP contribution is -2.59. The predicted octanol–water partition coefficient (Wildman–Crippen LogP) is 1.22. The summed E-state index contributed by atoms with van der Waals surface area (Å²) in [7, 11) is 0. The number of hydrogen-bond acceptors (Lipinski definition) is 5. The molecule has 3 rings (SSSR count). The van der Waals surface area contributed by atoms with Crippen LogP contribution in [0.4, 0.5) is 0 Å². The van der Waals surface area contributed by atoms with Gasteiger partial charge in [0, 0.05) is 56.4 Å². The third-order valence-corrected chi connectivity index (χ3v) is 7.06. The largest absolute Gasteiger partial charge is 0.381 e. The number of thioether (sulfide) groups is 1. The zero-order valence-corrected chi connectivity index (χ0v) is 15.0. The minimum Gasteiger partial charge on any atom is -0.381 e. The van der Waals surface area contributed by atoms with Crippen LogP contribution in [-0.4, -0.2) is 67.2 Å². The number of amides is 1. The van der Waals surface area contributed by atoms with Crippen LogP contribution in [0.15, 0.2) is 0 Å². The molecule has 1 aliphatic carbocycles. The molecule has 0 radical (unpaired) electrons. The molecule has 3 fully saturated rings. The van der Waals surface area contributed by atoms with Gasteiger partial charge in [-0.1, -0.05) is 12.8 Å². The van der Waals surface area contributed by atoms with Gasteiger partial charge in [-0.2, -0.15) is 11.8 Å². The smallest absolute Gasteiger partial charge is 0.227 e. The van der Waals surface area contributed by atoms with E-state index >= 15 is 0 Å². The molecule has 1 saturated carbocycles. The summed E-state index contributed by atoms with van der Waals surface area (Å²) in [6.07, 6.45) is 6.52. The first kappa shape index (κ1) is 17.5. The fourth-order valence-electron chi connectivity index (χ4n) is 4.39. The zero-order valence-electron chi connectivity index (χ0n) is 14.1. The lowest BCUT2D eigenvalue weighted by atomic mass is 9.79. The van der Waals surface area contributed by atoms with Crippen LogP contribution in [0.3, 0.4) is 0 Å². The molecule has 0 aromatic heterocycles. The number of nitrogens with two attached hydrogens (primary N) is 1. The maximum atomic E-state index is 12.9. The molecule has 132 valence electrons. The van der Waals surface area contributed by atoms with Gasteiger partial charge in [-0.25, -0.2) is 0 Å². The van der Waals surface area contributed by atoms with Crippen molar-refractivity contribution in [1.82, 2.24) is 10.2 Å². The molecule has 0 aromatic rings. The first-order valence-electron chi connectivity index (χ1n) is 9.10. The van der Waals surface area contributed by atoms with E-state index in [2.05, 4.69) is 10.2 Å². The van der Waals surface area contributed by atoms with Crippen LogP contribution < -0.4 is 11.1 Å². The van der Waals surface area contributed by atoms with E-state index in [9.17, 15) is 4.79 Å². The van der Waals surface area contributed by atoms with Crippen molar-refractivity contribution in [3.8, 4) is 0 Å². The van der Waals surface area contributed by atoms with Gasteiger partial charge < -0.3 is 15.8 Å². The number of carbonyl (C=O) groups is 1. The fourth-order valence-corrected chi connectivity index (χ4v) is 5.30. The standard InChI is InChI=1S/C17H31N3O2S/c18-13-16(5-9-22-10-6-16)15(21)19-14-17(3-1-2-4-17)20-7-11-23-12-8-20/h1-14,18H2,(H,19,21). The summed E-state index contributed by atoms with van der Waals surface area (Å²) in [6, 6.07) is 0. The predicted molar refractivity (Wildman–Crippen MR) is 94.6 cm³/mol. The summed E-state index contributed by atoms with van der Waals surface area (Å²) < 4.78 is 5.42. The van der Waals surface area contributed by atoms with Crippen LogP contribution in [0.25, 0.3) is 0 Å². The number of rotatable bonds is 5. The molecule has 2 aliphatic heterocycles. The van der Waals surface area contributed by atoms with Crippen LogP contribution >= 0.6 is 11.8 Å². The van der Waals surface area contributed by atoms with E-state index in [0.29, 0.717) is 19.8 Å². The lowest BCUT2D eigenvalue weighted by molar-refractivity contribution is -0.136. The average Bonchev–Trinajstić information content (AvgIpc) is 3.11. The Kier molecular flexibility index (Phi) is 5.88. The molecule has 3 aliphatic rings. The van der Waals surface area contributed by atoms with Crippen LogP contribution in [-0.2, 0) is 9.53 Å². The van der Waals surface area contributed by atoms with E-state index < -0.39 is 5.41 Å². The van der Waals surface area contributed by atoms with Gasteiger partial charge in [0.1, 0.15) is 0 Å². The Morgan fingerprint density at radius 1 is 1.13 bits per heavy atom. The summed E-state index contributed by atoms with van der Waals surface area (Å²) >= 11 is 2.05. The Hall–Kier alpha value is -0.300. The first-order chi connectivity index (χ1) is 11.2. The fraction of sp³-hybridized carbons (Fsp3) is 0.941. The highest BCUT2D eigenvalue weighted by Gasteiger charge is 2.43. The molecule has 0 aromatic carbocycles. The van der Waals surface area contributed by atoms with Crippen molar-refractivity contribution >= 4 is 17.7 Å². The average molecular weight is 342 g/mol. The molecular weight excluding hydrogens is 310 g/mol. The number of carbonyl (C=O) groups excluding carboxylic acids is 1. The van der Waals surface area contributed by atoms with Crippen molar-refractivity contribution in [2.75, 3.05) is 50.9 Å². The molecule has 0 spiro atoms. The first-order valence-corrected chi connectivity index (χ1v) is 10.3. The maximum absolute atomic E-state index is 12.9. The Morgan fingerprint density at radius 2 is 1.78 bits per heavy atom. The van der Waals surface area contributed by atoms with E-state index in [-0.39, 0.29) is 11.4 Å². The van der Waals surface area contributed by atoms with Crippen LogP contribution in [0, 0.1) is 5.41 Å². The Labute approximate surface area is 144 Å². The van der Waals surface area contributed by atoms with E-state index in [0.717, 1.165) is 32.5 Å². The normalized spacial score (nSPS) is 27.7. The van der Waals surface area contributed by atoms with Gasteiger partial charge in [0.05, 0.1) is 5.41 Å². The van der Waals surface area contributed by atoms with Gasteiger partial charge in [-0.3, -0.25) is 9.69 Å². The molecule has 3 N–H and O–H groups in total. The van der Waals surface area contributed by atoms with Gasteiger partial charge in [0.15, 0.2) is 0 Å². The van der Waals surface area contributed by atoms with Gasteiger partial charge in [-0.15, -0.1) is 0 Å². The summed E-state index contributed by atoms with van der Waals surface area (Å²) in [6.45, 7) is 4.85. The molecule has 0 atom stereocenters. The Bertz CT molecular complexity index is 401. The van der Waals surface area contributed by atoms with Crippen molar-refractivity contribution in [3.63, 3.8) is 0 Å². The molecule has 0 unspecified atom stereocenters. The third kappa shape index (κ3) is 3.70. The zero-order chi connectivity index (χ0) is 16.2. The van der Waals surface area contributed by atoms with Crippen LogP contribution in [0.1, 0.15) is 38.5 Å². The van der Waals surface area contributed by atoms with Crippen LogP contribution in [0.5, 0.6) is 0 Å². The lowest BCUT2D eigenvalue weighted by Gasteiger charge is -2.44. The number of nitrogens with one attached hydrogen (secondary N) is 1. The second-order valence-corrected chi connectivity index (χ2v) is 8.54. The van der Waals surface area contributed by atoms with Crippen molar-refractivity contribution in [1.29, 1.82) is 0 Å². The van der Waals surface area contributed by atoms with Crippen LogP contribution in [0.2, 0.25) is 0 Å². The molecule has 2 saturated heterocycles. The minimum absolute atomic E-state index is 0.154. The van der Waals surface area contributed by atoms with E-state index in [4.69, 9.17) is 10.5 Å². The highest BCUT2D eigenvalue weighted by Crippen LogP contribution is 2.37. The van der Waals surface area contributed by atoms with Gasteiger partial charge in [0.2, 0.25) is 5.91 Å². The Balaban J connectivity index is 1.63. The SMILES string of the molecule is NCC1(C(=O)NCC2(N3CCSCC3)CCCC2)CCOCC1. The quantitative estimate of drug-likeness (QED) is 0.787. The Morgan fingerprint density at radius 3 is 2.39 bits per heavy atom. The van der Waals surface area contributed by atoms with Gasteiger partial charge in [0.25, 0.3) is 0 Å². The minimum atomic E-state index is -0.407. The topological polar surface area (TPSA) is 67.6 Å². The van der Waals surface area contributed by atoms with Crippen molar-refractivity contribution in [2.24, 2.45) is 11.1 Å². The van der Waals surface area contributed by atoms with Crippen molar-refractivity contribution in [3.05, 3.63) is 0 Å². The van der Waals surface area contributed by atoms with E-state index in [1.54, 1.807) is 0 Å². The summed E-state index contributed by atoms with van der Waals surface area (Å²) in [4.78, 5) is 15.5.